The van der Waals surface area contributed by atoms with Gasteiger partial charge < -0.3 is 9.26 Å². The standard InChI is InChI=1S/C16H18N6O3/c1-3-4-13-17-14(25-20-13)10-24-15(23)9-22-19-16(18-21-22)12-7-5-11(2)6-8-12/h5-8H,3-4,9-10H2,1-2H3. The average molecular weight is 342 g/mol. The molecule has 0 aliphatic carbocycles. The van der Waals surface area contributed by atoms with E-state index in [2.05, 4.69) is 25.6 Å². The maximum Gasteiger partial charge on any atom is 0.330 e. The molecule has 0 spiro atoms. The van der Waals surface area contributed by atoms with Crippen molar-refractivity contribution in [2.24, 2.45) is 0 Å². The van der Waals surface area contributed by atoms with E-state index in [1.807, 2.05) is 38.1 Å². The van der Waals surface area contributed by atoms with Crippen molar-refractivity contribution in [2.75, 3.05) is 0 Å². The lowest BCUT2D eigenvalue weighted by Crippen LogP contribution is -2.16. The van der Waals surface area contributed by atoms with Gasteiger partial charge in [-0.3, -0.25) is 0 Å². The molecule has 0 aliphatic rings. The van der Waals surface area contributed by atoms with E-state index in [1.54, 1.807) is 0 Å². The fourth-order valence-electron chi connectivity index (χ4n) is 2.11. The highest BCUT2D eigenvalue weighted by Gasteiger charge is 2.12. The lowest BCUT2D eigenvalue weighted by Gasteiger charge is -2.00. The smallest absolute Gasteiger partial charge is 0.330 e. The van der Waals surface area contributed by atoms with Crippen molar-refractivity contribution in [2.45, 2.75) is 39.8 Å². The van der Waals surface area contributed by atoms with Crippen LogP contribution in [0.25, 0.3) is 11.4 Å². The van der Waals surface area contributed by atoms with Gasteiger partial charge in [0, 0.05) is 12.0 Å². The van der Waals surface area contributed by atoms with Gasteiger partial charge in [0.15, 0.2) is 19.0 Å². The van der Waals surface area contributed by atoms with E-state index < -0.39 is 5.97 Å². The highest BCUT2D eigenvalue weighted by atomic mass is 16.6. The number of aryl methyl sites for hydroxylation is 2. The second-order valence-electron chi connectivity index (χ2n) is 5.52. The van der Waals surface area contributed by atoms with Crippen LogP contribution in [-0.2, 0) is 29.1 Å². The van der Waals surface area contributed by atoms with Crippen molar-refractivity contribution in [3.63, 3.8) is 0 Å². The van der Waals surface area contributed by atoms with Crippen LogP contribution in [0.3, 0.4) is 0 Å². The molecule has 2 heterocycles. The molecule has 0 unspecified atom stereocenters. The summed E-state index contributed by atoms with van der Waals surface area (Å²) < 4.78 is 10.1. The van der Waals surface area contributed by atoms with E-state index in [0.29, 0.717) is 11.6 Å². The Labute approximate surface area is 144 Å². The van der Waals surface area contributed by atoms with Gasteiger partial charge >= 0.3 is 5.97 Å². The number of rotatable bonds is 7. The molecule has 0 fully saturated rings. The summed E-state index contributed by atoms with van der Waals surface area (Å²) in [5.41, 5.74) is 1.97. The van der Waals surface area contributed by atoms with Gasteiger partial charge in [-0.1, -0.05) is 41.9 Å². The predicted molar refractivity (Wildman–Crippen MR) is 86.1 cm³/mol. The highest BCUT2D eigenvalue weighted by Crippen LogP contribution is 2.13. The van der Waals surface area contributed by atoms with Crippen molar-refractivity contribution in [1.82, 2.24) is 30.3 Å². The number of carbonyl (C=O) groups is 1. The summed E-state index contributed by atoms with van der Waals surface area (Å²) in [4.78, 5) is 17.2. The minimum absolute atomic E-state index is 0.0743. The quantitative estimate of drug-likeness (QED) is 0.597. The van der Waals surface area contributed by atoms with Crippen molar-refractivity contribution in [3.8, 4) is 11.4 Å². The lowest BCUT2D eigenvalue weighted by atomic mass is 10.1. The van der Waals surface area contributed by atoms with Crippen molar-refractivity contribution < 1.29 is 14.1 Å². The first-order valence-electron chi connectivity index (χ1n) is 7.96. The lowest BCUT2D eigenvalue weighted by molar-refractivity contribution is -0.147. The Balaban J connectivity index is 1.53. The summed E-state index contributed by atoms with van der Waals surface area (Å²) in [6.07, 6.45) is 1.64. The highest BCUT2D eigenvalue weighted by molar-refractivity contribution is 5.68. The van der Waals surface area contributed by atoms with Crippen LogP contribution in [0.4, 0.5) is 0 Å². The molecule has 9 heteroatoms. The Bertz CT molecular complexity index is 840. The second-order valence-corrected chi connectivity index (χ2v) is 5.52. The van der Waals surface area contributed by atoms with E-state index in [4.69, 9.17) is 9.26 Å². The first kappa shape index (κ1) is 16.7. The molecule has 1 aromatic carbocycles. The molecule has 3 rings (SSSR count). The first-order valence-corrected chi connectivity index (χ1v) is 7.96. The number of ether oxygens (including phenoxy) is 1. The number of tetrazole rings is 1. The summed E-state index contributed by atoms with van der Waals surface area (Å²) in [6.45, 7) is 3.80. The maximum absolute atomic E-state index is 11.9. The van der Waals surface area contributed by atoms with Gasteiger partial charge in [0.2, 0.25) is 5.82 Å². The largest absolute Gasteiger partial charge is 0.454 e. The van der Waals surface area contributed by atoms with Gasteiger partial charge in [-0.05, 0) is 18.6 Å². The van der Waals surface area contributed by atoms with Gasteiger partial charge in [-0.2, -0.15) is 9.78 Å². The van der Waals surface area contributed by atoms with Crippen LogP contribution in [-0.4, -0.2) is 36.3 Å². The van der Waals surface area contributed by atoms with Gasteiger partial charge in [0.1, 0.15) is 0 Å². The molecule has 9 nitrogen and oxygen atoms in total. The van der Waals surface area contributed by atoms with Crippen molar-refractivity contribution >= 4 is 5.97 Å². The molecule has 2 aromatic heterocycles. The number of hydrogen-bond donors (Lipinski definition) is 0. The molecule has 0 radical (unpaired) electrons. The zero-order chi connectivity index (χ0) is 17.6. The third-order valence-electron chi connectivity index (χ3n) is 3.37. The summed E-state index contributed by atoms with van der Waals surface area (Å²) in [5, 5.41) is 15.8. The molecule has 0 atom stereocenters. The molecule has 0 N–H and O–H groups in total. The van der Waals surface area contributed by atoms with E-state index in [0.717, 1.165) is 24.0 Å². The molecular weight excluding hydrogens is 324 g/mol. The molecule has 0 bridgehead atoms. The van der Waals surface area contributed by atoms with Crippen LogP contribution in [0, 0.1) is 6.92 Å². The molecule has 0 aliphatic heterocycles. The number of benzene rings is 1. The Kier molecular flexibility index (Phi) is 5.12. The Morgan fingerprint density at radius 3 is 2.84 bits per heavy atom. The third kappa shape index (κ3) is 4.46. The van der Waals surface area contributed by atoms with Crippen LogP contribution >= 0.6 is 0 Å². The molecule has 0 saturated heterocycles. The molecular formula is C16H18N6O3. The SMILES string of the molecule is CCCc1noc(COC(=O)Cn2nnc(-c3ccc(C)cc3)n2)n1. The third-order valence-corrected chi connectivity index (χ3v) is 3.37. The Morgan fingerprint density at radius 2 is 2.08 bits per heavy atom. The van der Waals surface area contributed by atoms with Gasteiger partial charge in [0.25, 0.3) is 5.89 Å². The van der Waals surface area contributed by atoms with Crippen LogP contribution in [0.1, 0.15) is 30.6 Å². The average Bonchev–Trinajstić information content (AvgIpc) is 3.24. The van der Waals surface area contributed by atoms with E-state index in [9.17, 15) is 4.79 Å². The van der Waals surface area contributed by atoms with Gasteiger partial charge in [-0.15, -0.1) is 10.2 Å². The van der Waals surface area contributed by atoms with E-state index >= 15 is 0 Å². The topological polar surface area (TPSA) is 109 Å². The van der Waals surface area contributed by atoms with E-state index in [1.165, 1.54) is 4.80 Å². The number of hydrogen-bond acceptors (Lipinski definition) is 8. The van der Waals surface area contributed by atoms with Crippen LogP contribution in [0.5, 0.6) is 0 Å². The minimum atomic E-state index is -0.511. The summed E-state index contributed by atoms with van der Waals surface area (Å²) >= 11 is 0. The van der Waals surface area contributed by atoms with Crippen LogP contribution in [0.2, 0.25) is 0 Å². The summed E-state index contributed by atoms with van der Waals surface area (Å²) in [5.74, 6) is 0.815. The molecule has 0 amide bonds. The Morgan fingerprint density at radius 1 is 1.28 bits per heavy atom. The maximum atomic E-state index is 11.9. The summed E-state index contributed by atoms with van der Waals surface area (Å²) in [7, 11) is 0. The first-order chi connectivity index (χ1) is 12.1. The zero-order valence-corrected chi connectivity index (χ0v) is 14.0. The molecule has 25 heavy (non-hydrogen) atoms. The normalized spacial score (nSPS) is 10.8. The van der Waals surface area contributed by atoms with Gasteiger partial charge in [0.05, 0.1) is 0 Å². The fraction of sp³-hybridized carbons (Fsp3) is 0.375. The monoisotopic (exact) mass is 342 g/mol. The Hall–Kier alpha value is -3.10. The predicted octanol–water partition coefficient (Wildman–Crippen LogP) is 1.73. The van der Waals surface area contributed by atoms with Crippen molar-refractivity contribution in [1.29, 1.82) is 0 Å². The molecule has 0 saturated carbocycles. The van der Waals surface area contributed by atoms with E-state index in [-0.39, 0.29) is 19.0 Å². The van der Waals surface area contributed by atoms with Gasteiger partial charge in [-0.25, -0.2) is 4.79 Å². The number of carbonyl (C=O) groups excluding carboxylic acids is 1. The molecule has 3 aromatic rings. The van der Waals surface area contributed by atoms with Crippen LogP contribution in [0.15, 0.2) is 28.8 Å². The summed E-state index contributed by atoms with van der Waals surface area (Å²) in [6, 6.07) is 7.72. The minimum Gasteiger partial charge on any atom is -0.454 e. The zero-order valence-electron chi connectivity index (χ0n) is 14.0. The number of aromatic nitrogens is 6. The van der Waals surface area contributed by atoms with Crippen LogP contribution < -0.4 is 0 Å². The number of esters is 1. The fourth-order valence-corrected chi connectivity index (χ4v) is 2.11. The molecule has 130 valence electrons. The van der Waals surface area contributed by atoms with Crippen molar-refractivity contribution in [3.05, 3.63) is 41.5 Å². The second kappa shape index (κ2) is 7.65. The number of nitrogens with zero attached hydrogens (tertiary/aromatic N) is 6.